The first-order valence-corrected chi connectivity index (χ1v) is 8.53. The van der Waals surface area contributed by atoms with E-state index in [1.165, 1.54) is 40.9 Å². The highest BCUT2D eigenvalue weighted by Crippen LogP contribution is 2.37. The summed E-state index contributed by atoms with van der Waals surface area (Å²) >= 11 is 1.21. The Morgan fingerprint density at radius 2 is 1.85 bits per heavy atom. The van der Waals surface area contributed by atoms with Gasteiger partial charge in [0.2, 0.25) is 0 Å². The van der Waals surface area contributed by atoms with Crippen LogP contribution >= 0.6 is 11.8 Å². The van der Waals surface area contributed by atoms with Gasteiger partial charge in [0.05, 0.1) is 16.2 Å². The first kappa shape index (κ1) is 17.9. The highest BCUT2D eigenvalue weighted by Gasteiger charge is 2.32. The van der Waals surface area contributed by atoms with Crippen LogP contribution in [0.5, 0.6) is 0 Å². The molecule has 1 aliphatic heterocycles. The van der Waals surface area contributed by atoms with Gasteiger partial charge < -0.3 is 5.11 Å². The number of thioether (sulfide) groups is 1. The van der Waals surface area contributed by atoms with Crippen molar-refractivity contribution in [2.45, 2.75) is 6.92 Å². The second-order valence-electron chi connectivity index (χ2n) is 5.68. The molecule has 0 bridgehead atoms. The molecule has 0 radical (unpaired) electrons. The topological polar surface area (TPSA) is 70.0 Å². The highest BCUT2D eigenvalue weighted by molar-refractivity contribution is 8.18. The summed E-state index contributed by atoms with van der Waals surface area (Å²) in [7, 11) is 1.61. The van der Waals surface area contributed by atoms with Crippen LogP contribution in [0.25, 0.3) is 5.57 Å². The van der Waals surface area contributed by atoms with Gasteiger partial charge in [-0.05, 0) is 60.2 Å². The molecule has 3 rings (SSSR count). The number of hydrogen-bond donors (Lipinski definition) is 1. The van der Waals surface area contributed by atoms with Crippen LogP contribution in [0.1, 0.15) is 22.8 Å². The van der Waals surface area contributed by atoms with Crippen molar-refractivity contribution in [3.05, 3.63) is 70.4 Å². The Morgan fingerprint density at radius 3 is 2.50 bits per heavy atom. The van der Waals surface area contributed by atoms with E-state index in [4.69, 9.17) is 5.11 Å². The van der Waals surface area contributed by atoms with Gasteiger partial charge in [0.1, 0.15) is 5.82 Å². The monoisotopic (exact) mass is 370 g/mol. The van der Waals surface area contributed by atoms with Crippen molar-refractivity contribution >= 4 is 40.1 Å². The van der Waals surface area contributed by atoms with Gasteiger partial charge in [0, 0.05) is 7.05 Å². The highest BCUT2D eigenvalue weighted by atomic mass is 32.2. The van der Waals surface area contributed by atoms with E-state index in [0.29, 0.717) is 15.8 Å². The molecule has 0 aliphatic carbocycles. The second-order valence-corrected chi connectivity index (χ2v) is 6.65. The van der Waals surface area contributed by atoms with Crippen molar-refractivity contribution in [3.8, 4) is 0 Å². The van der Waals surface area contributed by atoms with Crippen molar-refractivity contribution in [2.75, 3.05) is 7.05 Å². The van der Waals surface area contributed by atoms with Crippen LogP contribution in [0.15, 0.2) is 58.4 Å². The van der Waals surface area contributed by atoms with Crippen LogP contribution in [0, 0.1) is 5.82 Å². The van der Waals surface area contributed by atoms with E-state index in [1.54, 1.807) is 38.2 Å². The number of hydrogen-bond acceptors (Lipinski definition) is 4. The summed E-state index contributed by atoms with van der Waals surface area (Å²) in [5.74, 6) is -1.58. The number of carboxylic acids is 1. The van der Waals surface area contributed by atoms with Gasteiger partial charge in [-0.2, -0.15) is 0 Å². The number of allylic oxidation sites excluding steroid dienone is 1. The molecule has 26 heavy (non-hydrogen) atoms. The van der Waals surface area contributed by atoms with Crippen LogP contribution in [-0.4, -0.2) is 34.1 Å². The number of amides is 1. The van der Waals surface area contributed by atoms with Crippen molar-refractivity contribution in [1.82, 2.24) is 4.90 Å². The van der Waals surface area contributed by atoms with Crippen molar-refractivity contribution in [2.24, 2.45) is 4.99 Å². The van der Waals surface area contributed by atoms with Crippen molar-refractivity contribution in [3.63, 3.8) is 0 Å². The summed E-state index contributed by atoms with van der Waals surface area (Å²) < 4.78 is 13.1. The van der Waals surface area contributed by atoms with Crippen LogP contribution in [0.2, 0.25) is 0 Å². The van der Waals surface area contributed by atoms with Gasteiger partial charge in [-0.25, -0.2) is 14.2 Å². The fraction of sp³-hybridized carbons (Fsp3) is 0.105. The zero-order valence-corrected chi connectivity index (χ0v) is 14.9. The van der Waals surface area contributed by atoms with Gasteiger partial charge in [0.25, 0.3) is 5.91 Å². The lowest BCUT2D eigenvalue weighted by molar-refractivity contribution is -0.121. The number of carbonyl (C=O) groups excluding carboxylic acids is 1. The van der Waals surface area contributed by atoms with E-state index in [2.05, 4.69) is 4.99 Å². The Bertz CT molecular complexity index is 952. The van der Waals surface area contributed by atoms with Crippen molar-refractivity contribution in [1.29, 1.82) is 0 Å². The predicted molar refractivity (Wildman–Crippen MR) is 99.9 cm³/mol. The van der Waals surface area contributed by atoms with Gasteiger partial charge in [-0.3, -0.25) is 9.69 Å². The Hall–Kier alpha value is -2.93. The molecule has 2 aromatic rings. The largest absolute Gasteiger partial charge is 0.478 e. The maximum absolute atomic E-state index is 13.1. The first-order valence-electron chi connectivity index (χ1n) is 7.71. The molecule has 0 saturated carbocycles. The van der Waals surface area contributed by atoms with Crippen LogP contribution in [-0.2, 0) is 4.79 Å². The number of carbonyl (C=O) groups is 2. The molecule has 2 aromatic carbocycles. The normalized spacial score (nSPS) is 17.7. The van der Waals surface area contributed by atoms with Gasteiger partial charge in [-0.15, -0.1) is 0 Å². The zero-order chi connectivity index (χ0) is 18.8. The number of likely N-dealkylation sites (N-methyl/N-ethyl adjacent to an activating group) is 1. The fourth-order valence-corrected chi connectivity index (χ4v) is 3.48. The molecule has 0 spiro atoms. The average Bonchev–Trinajstić information content (AvgIpc) is 2.90. The molecule has 132 valence electrons. The molecule has 1 amide bonds. The van der Waals surface area contributed by atoms with E-state index in [1.807, 2.05) is 0 Å². The predicted octanol–water partition coefficient (Wildman–Crippen LogP) is 4.15. The molecule has 0 aromatic heterocycles. The number of amidine groups is 1. The maximum atomic E-state index is 13.1. The Morgan fingerprint density at radius 1 is 1.15 bits per heavy atom. The summed E-state index contributed by atoms with van der Waals surface area (Å²) in [6.07, 6.45) is 0. The minimum atomic E-state index is -1.04. The minimum absolute atomic E-state index is 0.127. The quantitative estimate of drug-likeness (QED) is 0.824. The molecule has 1 saturated heterocycles. The summed E-state index contributed by atoms with van der Waals surface area (Å²) in [6.45, 7) is 1.80. The Balaban J connectivity index is 1.96. The minimum Gasteiger partial charge on any atom is -0.478 e. The standard InChI is InChI=1S/C19H15FN2O3S/c1-11(12-6-8-14(20)9-7-12)16-17(23)22(2)19(26-16)21-15-5-3-4-13(10-15)18(24)25/h3-10H,1-2H3,(H,24,25)/b16-11-,21-19?. The lowest BCUT2D eigenvalue weighted by Crippen LogP contribution is -2.23. The number of aliphatic imine (C=N–C) groups is 1. The smallest absolute Gasteiger partial charge is 0.335 e. The van der Waals surface area contributed by atoms with Crippen molar-refractivity contribution < 1.29 is 19.1 Å². The van der Waals surface area contributed by atoms with E-state index in [9.17, 15) is 14.0 Å². The third-order valence-corrected chi connectivity index (χ3v) is 5.15. The summed E-state index contributed by atoms with van der Waals surface area (Å²) in [4.78, 5) is 30.0. The first-order chi connectivity index (χ1) is 12.4. The van der Waals surface area contributed by atoms with Crippen LogP contribution in [0.4, 0.5) is 10.1 Å². The van der Waals surface area contributed by atoms with Gasteiger partial charge in [0.15, 0.2) is 5.17 Å². The van der Waals surface area contributed by atoms with E-state index < -0.39 is 5.97 Å². The molecule has 5 nitrogen and oxygen atoms in total. The van der Waals surface area contributed by atoms with E-state index in [-0.39, 0.29) is 17.3 Å². The number of benzene rings is 2. The molecule has 0 atom stereocenters. The fourth-order valence-electron chi connectivity index (χ4n) is 2.43. The van der Waals surface area contributed by atoms with E-state index in [0.717, 1.165) is 11.1 Å². The zero-order valence-electron chi connectivity index (χ0n) is 14.1. The molecule has 7 heteroatoms. The second kappa shape index (κ2) is 7.13. The number of halogens is 1. The molecule has 1 heterocycles. The maximum Gasteiger partial charge on any atom is 0.335 e. The third-order valence-electron chi connectivity index (χ3n) is 3.91. The molecular formula is C19H15FN2O3S. The third kappa shape index (κ3) is 3.52. The molecule has 1 aliphatic rings. The number of rotatable bonds is 3. The Labute approximate surface area is 153 Å². The van der Waals surface area contributed by atoms with Crippen LogP contribution in [0.3, 0.4) is 0 Å². The average molecular weight is 370 g/mol. The van der Waals surface area contributed by atoms with Gasteiger partial charge >= 0.3 is 5.97 Å². The van der Waals surface area contributed by atoms with E-state index >= 15 is 0 Å². The van der Waals surface area contributed by atoms with Gasteiger partial charge in [-0.1, -0.05) is 18.2 Å². The summed E-state index contributed by atoms with van der Waals surface area (Å²) in [5.41, 5.74) is 2.07. The molecule has 1 N–H and O–H groups in total. The molecule has 1 fully saturated rings. The number of aromatic carboxylic acids is 1. The number of nitrogens with zero attached hydrogens (tertiary/aromatic N) is 2. The van der Waals surface area contributed by atoms with Crippen LogP contribution < -0.4 is 0 Å². The Kier molecular flexibility index (Phi) is 4.90. The SMILES string of the molecule is C/C(=C1/SC(=Nc2cccc(C(=O)O)c2)N(C)C1=O)c1ccc(F)cc1. The number of carboxylic acid groups (broad SMARTS) is 1. The summed E-state index contributed by atoms with van der Waals surface area (Å²) in [6, 6.07) is 12.1. The lowest BCUT2D eigenvalue weighted by atomic mass is 10.1. The molecular weight excluding hydrogens is 355 g/mol. The lowest BCUT2D eigenvalue weighted by Gasteiger charge is -2.07. The molecule has 0 unspecified atom stereocenters. The summed E-state index contributed by atoms with van der Waals surface area (Å²) in [5, 5.41) is 9.52.